The average Bonchev–Trinajstić information content (AvgIpc) is 2.62. The molecule has 2 rings (SSSR count). The predicted molar refractivity (Wildman–Crippen MR) is 96.4 cm³/mol. The second-order valence-corrected chi connectivity index (χ2v) is 5.99. The highest BCUT2D eigenvalue weighted by Gasteiger charge is 2.12. The molecule has 0 aliphatic carbocycles. The molecule has 0 aliphatic rings. The fourth-order valence-corrected chi connectivity index (χ4v) is 2.25. The summed E-state index contributed by atoms with van der Waals surface area (Å²) in [5.74, 6) is 0.481. The van der Waals surface area contributed by atoms with Crippen LogP contribution in [0, 0.1) is 0 Å². The maximum absolute atomic E-state index is 12.4. The molecule has 0 spiro atoms. The van der Waals surface area contributed by atoms with Gasteiger partial charge >= 0.3 is 0 Å². The third kappa shape index (κ3) is 5.00. The molecule has 7 nitrogen and oxygen atoms in total. The van der Waals surface area contributed by atoms with Crippen LogP contribution in [-0.2, 0) is 17.8 Å². The summed E-state index contributed by atoms with van der Waals surface area (Å²) in [4.78, 5) is 35.8. The molecule has 1 aromatic heterocycles. The quantitative estimate of drug-likeness (QED) is 0.851. The van der Waals surface area contributed by atoms with Crippen LogP contribution in [-0.4, -0.2) is 54.9 Å². The van der Waals surface area contributed by atoms with Crippen molar-refractivity contribution >= 4 is 17.8 Å². The number of rotatable bonds is 6. The van der Waals surface area contributed by atoms with Crippen LogP contribution in [0.1, 0.15) is 21.5 Å². The van der Waals surface area contributed by atoms with Crippen LogP contribution in [0.25, 0.3) is 0 Å². The molecular formula is C18H23N5O2. The number of aromatic nitrogens is 2. The van der Waals surface area contributed by atoms with E-state index in [0.717, 1.165) is 11.1 Å². The summed E-state index contributed by atoms with van der Waals surface area (Å²) in [6, 6.07) is 7.03. The van der Waals surface area contributed by atoms with Crippen LogP contribution >= 0.6 is 0 Å². The Labute approximate surface area is 147 Å². The van der Waals surface area contributed by atoms with Crippen molar-refractivity contribution in [1.82, 2.24) is 20.2 Å². The maximum atomic E-state index is 12.4. The lowest BCUT2D eigenvalue weighted by atomic mass is 10.1. The molecule has 132 valence electrons. The first-order chi connectivity index (χ1) is 11.9. The third-order valence-electron chi connectivity index (χ3n) is 3.74. The molecule has 25 heavy (non-hydrogen) atoms. The summed E-state index contributed by atoms with van der Waals surface area (Å²) >= 11 is 0. The molecule has 1 N–H and O–H groups in total. The van der Waals surface area contributed by atoms with Gasteiger partial charge in [0.05, 0.1) is 6.42 Å². The van der Waals surface area contributed by atoms with Gasteiger partial charge < -0.3 is 15.1 Å². The van der Waals surface area contributed by atoms with Crippen molar-refractivity contribution in [3.63, 3.8) is 0 Å². The van der Waals surface area contributed by atoms with Gasteiger partial charge in [0.2, 0.25) is 11.9 Å². The van der Waals surface area contributed by atoms with E-state index in [1.54, 1.807) is 55.7 Å². The standard InChI is InChI=1S/C18H23N5O2/c1-19-17(25)15-7-5-13(6-8-15)9-16(24)23(4)12-14-10-20-18(21-11-14)22(2)3/h5-8,10-11H,9,12H2,1-4H3,(H,19,25). The highest BCUT2D eigenvalue weighted by atomic mass is 16.2. The van der Waals surface area contributed by atoms with Crippen LogP contribution in [0.3, 0.4) is 0 Å². The second-order valence-electron chi connectivity index (χ2n) is 5.99. The zero-order valence-electron chi connectivity index (χ0n) is 15.0. The molecule has 0 aliphatic heterocycles. The molecule has 0 fully saturated rings. The molecule has 0 saturated carbocycles. The van der Waals surface area contributed by atoms with E-state index in [9.17, 15) is 9.59 Å². The molecule has 0 atom stereocenters. The Bertz CT molecular complexity index is 726. The zero-order chi connectivity index (χ0) is 18.4. The number of nitrogens with zero attached hydrogens (tertiary/aromatic N) is 4. The van der Waals surface area contributed by atoms with Gasteiger partial charge in [-0.15, -0.1) is 0 Å². The van der Waals surface area contributed by atoms with Crippen molar-refractivity contribution < 1.29 is 9.59 Å². The van der Waals surface area contributed by atoms with E-state index in [1.807, 2.05) is 19.0 Å². The van der Waals surface area contributed by atoms with Gasteiger partial charge in [-0.1, -0.05) is 12.1 Å². The Morgan fingerprint density at radius 1 is 1.00 bits per heavy atom. The molecule has 0 bridgehead atoms. The normalized spacial score (nSPS) is 10.2. The summed E-state index contributed by atoms with van der Waals surface area (Å²) in [5.41, 5.74) is 2.31. The van der Waals surface area contributed by atoms with Crippen molar-refractivity contribution in [3.8, 4) is 0 Å². The Kier molecular flexibility index (Phi) is 6.05. The van der Waals surface area contributed by atoms with Gasteiger partial charge in [0.15, 0.2) is 0 Å². The van der Waals surface area contributed by atoms with Crippen LogP contribution in [0.5, 0.6) is 0 Å². The lowest BCUT2D eigenvalue weighted by Gasteiger charge is -2.17. The van der Waals surface area contributed by atoms with E-state index in [-0.39, 0.29) is 18.2 Å². The number of carbonyl (C=O) groups excluding carboxylic acids is 2. The van der Waals surface area contributed by atoms with E-state index >= 15 is 0 Å². The molecular weight excluding hydrogens is 318 g/mol. The van der Waals surface area contributed by atoms with Gasteiger partial charge in [-0.3, -0.25) is 9.59 Å². The van der Waals surface area contributed by atoms with Gasteiger partial charge in [-0.05, 0) is 17.7 Å². The molecule has 7 heteroatoms. The summed E-state index contributed by atoms with van der Waals surface area (Å²) in [5, 5.41) is 2.57. The molecule has 1 aromatic carbocycles. The zero-order valence-corrected chi connectivity index (χ0v) is 15.0. The van der Waals surface area contributed by atoms with Crippen LogP contribution in [0.15, 0.2) is 36.7 Å². The number of amides is 2. The minimum atomic E-state index is -0.142. The van der Waals surface area contributed by atoms with Crippen molar-refractivity contribution in [2.45, 2.75) is 13.0 Å². The Morgan fingerprint density at radius 3 is 2.12 bits per heavy atom. The minimum absolute atomic E-state index is 0.00983. The molecule has 2 aromatic rings. The fourth-order valence-electron chi connectivity index (χ4n) is 2.25. The van der Waals surface area contributed by atoms with Gasteiger partial charge in [0, 0.05) is 58.3 Å². The van der Waals surface area contributed by atoms with Gasteiger partial charge in [0.25, 0.3) is 5.91 Å². The smallest absolute Gasteiger partial charge is 0.251 e. The molecule has 1 heterocycles. The first kappa shape index (κ1) is 18.4. The number of hydrogen-bond donors (Lipinski definition) is 1. The summed E-state index contributed by atoms with van der Waals surface area (Å²) < 4.78 is 0. The summed E-state index contributed by atoms with van der Waals surface area (Å²) in [6.07, 6.45) is 3.73. The fraction of sp³-hybridized carbons (Fsp3) is 0.333. The topological polar surface area (TPSA) is 78.4 Å². The largest absolute Gasteiger partial charge is 0.355 e. The Balaban J connectivity index is 1.94. The minimum Gasteiger partial charge on any atom is -0.355 e. The maximum Gasteiger partial charge on any atom is 0.251 e. The monoisotopic (exact) mass is 341 g/mol. The number of anilines is 1. The molecule has 2 amide bonds. The SMILES string of the molecule is CNC(=O)c1ccc(CC(=O)N(C)Cc2cnc(N(C)C)nc2)cc1. The first-order valence-corrected chi connectivity index (χ1v) is 7.94. The van der Waals surface area contributed by atoms with Crippen molar-refractivity contribution in [2.24, 2.45) is 0 Å². The van der Waals surface area contributed by atoms with Gasteiger partial charge in [-0.2, -0.15) is 0 Å². The second kappa shape index (κ2) is 8.23. The third-order valence-corrected chi connectivity index (χ3v) is 3.74. The number of hydrogen-bond acceptors (Lipinski definition) is 5. The lowest BCUT2D eigenvalue weighted by Crippen LogP contribution is -2.28. The highest BCUT2D eigenvalue weighted by Crippen LogP contribution is 2.09. The molecule has 0 unspecified atom stereocenters. The number of benzene rings is 1. The summed E-state index contributed by atoms with van der Waals surface area (Å²) in [6.45, 7) is 0.447. The van der Waals surface area contributed by atoms with E-state index < -0.39 is 0 Å². The predicted octanol–water partition coefficient (Wildman–Crippen LogP) is 1.10. The first-order valence-electron chi connectivity index (χ1n) is 7.94. The summed E-state index contributed by atoms with van der Waals surface area (Å²) in [7, 11) is 7.09. The number of nitrogens with one attached hydrogen (secondary N) is 1. The number of carbonyl (C=O) groups is 2. The Hall–Kier alpha value is -2.96. The van der Waals surface area contributed by atoms with E-state index in [1.165, 1.54) is 0 Å². The van der Waals surface area contributed by atoms with Crippen molar-refractivity contribution in [1.29, 1.82) is 0 Å². The van der Waals surface area contributed by atoms with Crippen LogP contribution in [0.2, 0.25) is 0 Å². The van der Waals surface area contributed by atoms with Crippen LogP contribution < -0.4 is 10.2 Å². The van der Waals surface area contributed by atoms with Crippen LogP contribution in [0.4, 0.5) is 5.95 Å². The van der Waals surface area contributed by atoms with Crippen molar-refractivity contribution in [2.75, 3.05) is 33.1 Å². The van der Waals surface area contributed by atoms with E-state index in [2.05, 4.69) is 15.3 Å². The highest BCUT2D eigenvalue weighted by molar-refractivity contribution is 5.94. The van der Waals surface area contributed by atoms with Gasteiger partial charge in [0.1, 0.15) is 0 Å². The average molecular weight is 341 g/mol. The molecule has 0 radical (unpaired) electrons. The lowest BCUT2D eigenvalue weighted by molar-refractivity contribution is -0.129. The van der Waals surface area contributed by atoms with E-state index in [0.29, 0.717) is 18.1 Å². The number of likely N-dealkylation sites (N-methyl/N-ethyl adjacent to an activating group) is 1. The molecule has 0 saturated heterocycles. The Morgan fingerprint density at radius 2 is 1.60 bits per heavy atom. The van der Waals surface area contributed by atoms with E-state index in [4.69, 9.17) is 0 Å². The van der Waals surface area contributed by atoms with Crippen molar-refractivity contribution in [3.05, 3.63) is 53.3 Å². The van der Waals surface area contributed by atoms with Gasteiger partial charge in [-0.25, -0.2) is 9.97 Å².